The molecule has 0 aliphatic heterocycles. The van der Waals surface area contributed by atoms with Gasteiger partial charge in [-0.05, 0) is 44.3 Å². The minimum atomic E-state index is -4.62. The van der Waals surface area contributed by atoms with E-state index in [-0.39, 0.29) is 11.3 Å². The Bertz CT molecular complexity index is 514. The summed E-state index contributed by atoms with van der Waals surface area (Å²) in [5.74, 6) is -0.885. The van der Waals surface area contributed by atoms with Crippen LogP contribution in [0.3, 0.4) is 0 Å². The summed E-state index contributed by atoms with van der Waals surface area (Å²) in [6.45, 7) is 5.93. The molecule has 112 valence electrons. The van der Waals surface area contributed by atoms with Gasteiger partial charge in [0, 0.05) is 6.20 Å². The molecule has 0 bridgehead atoms. The van der Waals surface area contributed by atoms with Crippen molar-refractivity contribution in [2.75, 3.05) is 0 Å². The van der Waals surface area contributed by atoms with E-state index < -0.39 is 26.0 Å². The summed E-state index contributed by atoms with van der Waals surface area (Å²) in [6, 6.07) is 2.20. The smallest absolute Gasteiger partial charge is 0.401 e. The molecule has 0 saturated heterocycles. The number of carbonyl (C=O) groups is 1. The van der Waals surface area contributed by atoms with E-state index in [0.717, 1.165) is 19.2 Å². The zero-order valence-electron chi connectivity index (χ0n) is 11.7. The van der Waals surface area contributed by atoms with Crippen LogP contribution >= 0.6 is 0 Å². The molecule has 1 rings (SSSR count). The molecule has 0 aliphatic carbocycles. The number of primary amides is 1. The third kappa shape index (κ3) is 3.57. The molecule has 1 unspecified atom stereocenters. The third-order valence-electron chi connectivity index (χ3n) is 2.61. The van der Waals surface area contributed by atoms with Gasteiger partial charge in [-0.3, -0.25) is 9.78 Å². The minimum absolute atomic E-state index is 0.184. The maximum Gasteiger partial charge on any atom is 0.420 e. The van der Waals surface area contributed by atoms with Crippen LogP contribution in [-0.2, 0) is 10.0 Å². The lowest BCUT2D eigenvalue weighted by molar-refractivity contribution is -0.251. The highest BCUT2D eigenvalue weighted by Crippen LogP contribution is 2.43. The number of nitrogens with two attached hydrogens (primary N) is 1. The Kier molecular flexibility index (Phi) is 4.30. The van der Waals surface area contributed by atoms with Crippen molar-refractivity contribution >= 4 is 14.2 Å². The maximum absolute atomic E-state index is 13.4. The van der Waals surface area contributed by atoms with E-state index in [4.69, 9.17) is 10.2 Å². The summed E-state index contributed by atoms with van der Waals surface area (Å²) >= 11 is 0. The van der Waals surface area contributed by atoms with Crippen LogP contribution in [0.4, 0.5) is 13.2 Å². The Labute approximate surface area is 116 Å². The van der Waals surface area contributed by atoms with Crippen LogP contribution in [0.25, 0.3) is 0 Å². The van der Waals surface area contributed by atoms with Crippen LogP contribution < -0.4 is 5.73 Å². The van der Waals surface area contributed by atoms with Crippen LogP contribution in [0.15, 0.2) is 18.3 Å². The summed E-state index contributed by atoms with van der Waals surface area (Å²) in [5, 5.41) is 0. The predicted octanol–water partition coefficient (Wildman–Crippen LogP) is 2.81. The van der Waals surface area contributed by atoms with Crippen molar-refractivity contribution < 1.29 is 22.4 Å². The summed E-state index contributed by atoms with van der Waals surface area (Å²) in [7, 11) is -2.49. The van der Waals surface area contributed by atoms with E-state index in [2.05, 4.69) is 4.98 Å². The fourth-order valence-corrected chi connectivity index (χ4v) is 3.21. The highest BCUT2D eigenvalue weighted by atomic mass is 28.4. The summed E-state index contributed by atoms with van der Waals surface area (Å²) in [5.41, 5.74) is 2.14. The van der Waals surface area contributed by atoms with E-state index in [0.29, 0.717) is 0 Å². The van der Waals surface area contributed by atoms with Crippen LogP contribution in [-0.4, -0.2) is 25.4 Å². The van der Waals surface area contributed by atoms with Gasteiger partial charge in [0.25, 0.3) is 5.91 Å². The highest BCUT2D eigenvalue weighted by Gasteiger charge is 2.55. The second-order valence-electron chi connectivity index (χ2n) is 5.54. The molecule has 4 nitrogen and oxygen atoms in total. The van der Waals surface area contributed by atoms with Gasteiger partial charge in [0.1, 0.15) is 5.69 Å². The summed E-state index contributed by atoms with van der Waals surface area (Å²) in [4.78, 5) is 14.7. The SMILES string of the molecule is CC(O[Si](C)(C)C)(c1ccnc(C(N)=O)c1)C(F)(F)F. The molecule has 1 aromatic rings. The highest BCUT2D eigenvalue weighted by molar-refractivity contribution is 6.69. The number of alkyl halides is 3. The molecule has 0 aromatic carbocycles. The van der Waals surface area contributed by atoms with Gasteiger partial charge in [0.2, 0.25) is 0 Å². The monoisotopic (exact) mass is 306 g/mol. The average molecular weight is 306 g/mol. The number of halogens is 3. The van der Waals surface area contributed by atoms with E-state index in [1.54, 1.807) is 19.6 Å². The van der Waals surface area contributed by atoms with Crippen LogP contribution in [0, 0.1) is 0 Å². The van der Waals surface area contributed by atoms with Gasteiger partial charge < -0.3 is 10.2 Å². The van der Waals surface area contributed by atoms with Gasteiger partial charge in [0.15, 0.2) is 13.9 Å². The number of hydrogen-bond acceptors (Lipinski definition) is 3. The predicted molar refractivity (Wildman–Crippen MR) is 70.6 cm³/mol. The number of rotatable bonds is 4. The molecule has 0 saturated carbocycles. The Hall–Kier alpha value is -1.41. The molecule has 1 aromatic heterocycles. The average Bonchev–Trinajstić information content (AvgIpc) is 2.25. The van der Waals surface area contributed by atoms with Gasteiger partial charge in [0.05, 0.1) is 0 Å². The maximum atomic E-state index is 13.4. The van der Waals surface area contributed by atoms with Crippen LogP contribution in [0.2, 0.25) is 19.6 Å². The first kappa shape index (κ1) is 16.6. The van der Waals surface area contributed by atoms with E-state index in [9.17, 15) is 18.0 Å². The summed E-state index contributed by atoms with van der Waals surface area (Å²) < 4.78 is 45.6. The number of nitrogens with zero attached hydrogens (tertiary/aromatic N) is 1. The molecule has 0 spiro atoms. The standard InChI is InChI=1S/C12H17F3N2O2Si/c1-11(12(13,14)15,19-20(2,3)4)8-5-6-17-9(7-8)10(16)18/h5-7H,1-4H3,(H2,16,18). The first-order chi connectivity index (χ1) is 8.87. The molecule has 0 fully saturated rings. The number of pyridine rings is 1. The molecule has 8 heteroatoms. The lowest BCUT2D eigenvalue weighted by atomic mass is 9.95. The van der Waals surface area contributed by atoms with E-state index in [1.807, 2.05) is 0 Å². The molecular weight excluding hydrogens is 289 g/mol. The molecule has 20 heavy (non-hydrogen) atoms. The minimum Gasteiger partial charge on any atom is -0.401 e. The molecule has 1 atom stereocenters. The molecule has 0 radical (unpaired) electrons. The van der Waals surface area contributed by atoms with Gasteiger partial charge in [-0.1, -0.05) is 0 Å². The van der Waals surface area contributed by atoms with E-state index >= 15 is 0 Å². The van der Waals surface area contributed by atoms with Crippen molar-refractivity contribution in [2.45, 2.75) is 38.3 Å². The van der Waals surface area contributed by atoms with Crippen molar-refractivity contribution in [1.82, 2.24) is 4.98 Å². The normalized spacial score (nSPS) is 15.8. The lowest BCUT2D eigenvalue weighted by Gasteiger charge is -2.38. The molecular formula is C12H17F3N2O2Si. The third-order valence-corrected chi connectivity index (χ3v) is 3.64. The Balaban J connectivity index is 3.39. The van der Waals surface area contributed by atoms with Crippen molar-refractivity contribution in [1.29, 1.82) is 0 Å². The molecule has 2 N–H and O–H groups in total. The van der Waals surface area contributed by atoms with E-state index in [1.165, 1.54) is 6.07 Å². The first-order valence-electron chi connectivity index (χ1n) is 5.90. The molecule has 0 aliphatic rings. The van der Waals surface area contributed by atoms with Crippen molar-refractivity contribution in [3.63, 3.8) is 0 Å². The zero-order chi connectivity index (χ0) is 15.8. The largest absolute Gasteiger partial charge is 0.420 e. The number of aromatic nitrogens is 1. The molecule has 1 heterocycles. The Morgan fingerprint density at radius 3 is 2.30 bits per heavy atom. The van der Waals surface area contributed by atoms with Crippen molar-refractivity contribution in [2.24, 2.45) is 5.73 Å². The Morgan fingerprint density at radius 1 is 1.35 bits per heavy atom. The molecule has 1 amide bonds. The lowest BCUT2D eigenvalue weighted by Crippen LogP contribution is -2.48. The van der Waals surface area contributed by atoms with Crippen molar-refractivity contribution in [3.8, 4) is 0 Å². The van der Waals surface area contributed by atoms with Crippen molar-refractivity contribution in [3.05, 3.63) is 29.6 Å². The fourth-order valence-electron chi connectivity index (χ4n) is 1.75. The van der Waals surface area contributed by atoms with Crippen LogP contribution in [0.5, 0.6) is 0 Å². The number of carbonyl (C=O) groups excluding carboxylic acids is 1. The topological polar surface area (TPSA) is 65.2 Å². The zero-order valence-corrected chi connectivity index (χ0v) is 12.7. The second kappa shape index (κ2) is 5.17. The van der Waals surface area contributed by atoms with Gasteiger partial charge >= 0.3 is 6.18 Å². The van der Waals surface area contributed by atoms with Gasteiger partial charge in [-0.25, -0.2) is 0 Å². The quantitative estimate of drug-likeness (QED) is 0.870. The summed E-state index contributed by atoms with van der Waals surface area (Å²) in [6.07, 6.45) is -3.50. The van der Waals surface area contributed by atoms with Gasteiger partial charge in [-0.15, -0.1) is 0 Å². The van der Waals surface area contributed by atoms with Gasteiger partial charge in [-0.2, -0.15) is 13.2 Å². The number of hydrogen-bond donors (Lipinski definition) is 1. The Morgan fingerprint density at radius 2 is 1.90 bits per heavy atom. The first-order valence-corrected chi connectivity index (χ1v) is 9.31. The number of amides is 1. The van der Waals surface area contributed by atoms with Crippen LogP contribution in [0.1, 0.15) is 23.0 Å². The second-order valence-corrected chi connectivity index (χ2v) is 9.97. The fraction of sp³-hybridized carbons (Fsp3) is 0.500.